The van der Waals surface area contributed by atoms with Crippen LogP contribution in [0.15, 0.2) is 24.3 Å². The number of nitrogens with zero attached hydrogens (tertiary/aromatic N) is 1. The lowest BCUT2D eigenvalue weighted by atomic mass is 10.1. The van der Waals surface area contributed by atoms with Crippen molar-refractivity contribution in [2.75, 3.05) is 26.2 Å². The molecule has 0 bridgehead atoms. The van der Waals surface area contributed by atoms with Crippen molar-refractivity contribution in [2.45, 2.75) is 12.8 Å². The third kappa shape index (κ3) is 4.40. The van der Waals surface area contributed by atoms with E-state index < -0.39 is 5.97 Å². The van der Waals surface area contributed by atoms with Gasteiger partial charge in [0.05, 0.1) is 12.5 Å². The van der Waals surface area contributed by atoms with Gasteiger partial charge in [-0.25, -0.2) is 0 Å². The smallest absolute Gasteiger partial charge is 0.307 e. The number of hydrogen-bond donors (Lipinski definition) is 1. The first-order chi connectivity index (χ1) is 9.15. The highest BCUT2D eigenvalue weighted by molar-refractivity contribution is 6.30. The summed E-state index contributed by atoms with van der Waals surface area (Å²) in [5.41, 5.74) is 0. The van der Waals surface area contributed by atoms with E-state index in [9.17, 15) is 4.79 Å². The Morgan fingerprint density at radius 1 is 1.53 bits per heavy atom. The quantitative estimate of drug-likeness (QED) is 0.815. The Hall–Kier alpha value is -1.26. The van der Waals surface area contributed by atoms with Crippen LogP contribution in [-0.2, 0) is 4.79 Å². The number of carboxylic acid groups (broad SMARTS) is 1. The molecule has 0 aromatic heterocycles. The number of rotatable bonds is 6. The number of likely N-dealkylation sites (tertiary alicyclic amines) is 1. The maximum Gasteiger partial charge on any atom is 0.307 e. The molecule has 19 heavy (non-hydrogen) atoms. The highest BCUT2D eigenvalue weighted by atomic mass is 35.5. The molecule has 0 saturated carbocycles. The first-order valence-electron chi connectivity index (χ1n) is 6.48. The molecule has 1 aromatic carbocycles. The number of carbonyl (C=O) groups is 1. The van der Waals surface area contributed by atoms with Crippen LogP contribution in [0, 0.1) is 5.92 Å². The molecule has 1 fully saturated rings. The number of aliphatic carboxylic acids is 1. The van der Waals surface area contributed by atoms with Gasteiger partial charge < -0.3 is 14.7 Å². The largest absolute Gasteiger partial charge is 0.493 e. The molecule has 1 aliphatic rings. The predicted octanol–water partition coefficient (Wildman–Crippen LogP) is 2.52. The number of benzene rings is 1. The molecule has 1 atom stereocenters. The first-order valence-corrected chi connectivity index (χ1v) is 6.86. The van der Waals surface area contributed by atoms with Gasteiger partial charge in [0.15, 0.2) is 0 Å². The van der Waals surface area contributed by atoms with Gasteiger partial charge in [0.25, 0.3) is 0 Å². The zero-order valence-electron chi connectivity index (χ0n) is 10.7. The first kappa shape index (κ1) is 14.2. The van der Waals surface area contributed by atoms with Crippen molar-refractivity contribution in [3.8, 4) is 5.75 Å². The van der Waals surface area contributed by atoms with E-state index in [-0.39, 0.29) is 5.92 Å². The Morgan fingerprint density at radius 2 is 2.37 bits per heavy atom. The van der Waals surface area contributed by atoms with Crippen LogP contribution in [-0.4, -0.2) is 42.2 Å². The summed E-state index contributed by atoms with van der Waals surface area (Å²) < 4.78 is 5.59. The van der Waals surface area contributed by atoms with Gasteiger partial charge in [-0.15, -0.1) is 0 Å². The van der Waals surface area contributed by atoms with Gasteiger partial charge in [0.1, 0.15) is 5.75 Å². The van der Waals surface area contributed by atoms with E-state index in [1.54, 1.807) is 6.07 Å². The fourth-order valence-corrected chi connectivity index (χ4v) is 2.45. The molecule has 104 valence electrons. The predicted molar refractivity (Wildman–Crippen MR) is 73.7 cm³/mol. The molecule has 1 aromatic rings. The SMILES string of the molecule is O=C(O)C1CCN(CCCOc2cccc(Cl)c2)C1. The van der Waals surface area contributed by atoms with Crippen LogP contribution >= 0.6 is 11.6 Å². The Kier molecular flexibility index (Phi) is 5.05. The fourth-order valence-electron chi connectivity index (χ4n) is 2.27. The molecule has 1 unspecified atom stereocenters. The van der Waals surface area contributed by atoms with Crippen LogP contribution in [0.3, 0.4) is 0 Å². The Morgan fingerprint density at radius 3 is 3.05 bits per heavy atom. The minimum absolute atomic E-state index is 0.200. The molecule has 1 aliphatic heterocycles. The van der Waals surface area contributed by atoms with Gasteiger partial charge in [-0.1, -0.05) is 17.7 Å². The number of ether oxygens (including phenoxy) is 1. The maximum absolute atomic E-state index is 10.8. The topological polar surface area (TPSA) is 49.8 Å². The van der Waals surface area contributed by atoms with Crippen LogP contribution in [0.4, 0.5) is 0 Å². The Balaban J connectivity index is 1.64. The number of hydrogen-bond acceptors (Lipinski definition) is 3. The van der Waals surface area contributed by atoms with Crippen molar-refractivity contribution >= 4 is 17.6 Å². The van der Waals surface area contributed by atoms with Crippen molar-refractivity contribution < 1.29 is 14.6 Å². The van der Waals surface area contributed by atoms with E-state index in [1.807, 2.05) is 18.2 Å². The molecule has 4 nitrogen and oxygen atoms in total. The molecule has 0 aliphatic carbocycles. The van der Waals surface area contributed by atoms with Crippen LogP contribution in [0.5, 0.6) is 5.75 Å². The molecule has 0 amide bonds. The average molecular weight is 284 g/mol. The van der Waals surface area contributed by atoms with Gasteiger partial charge >= 0.3 is 5.97 Å². The lowest BCUT2D eigenvalue weighted by Crippen LogP contribution is -2.25. The molecular formula is C14H18ClNO3. The van der Waals surface area contributed by atoms with Crippen LogP contribution in [0.1, 0.15) is 12.8 Å². The minimum atomic E-state index is -0.683. The zero-order valence-corrected chi connectivity index (χ0v) is 11.5. The van der Waals surface area contributed by atoms with Crippen LogP contribution in [0.2, 0.25) is 5.02 Å². The highest BCUT2D eigenvalue weighted by Gasteiger charge is 2.27. The summed E-state index contributed by atoms with van der Waals surface area (Å²) in [4.78, 5) is 13.0. The summed E-state index contributed by atoms with van der Waals surface area (Å²) in [6, 6.07) is 7.33. The van der Waals surface area contributed by atoms with Crippen LogP contribution in [0.25, 0.3) is 0 Å². The molecule has 0 radical (unpaired) electrons. The fraction of sp³-hybridized carbons (Fsp3) is 0.500. The Labute approximate surface area is 117 Å². The molecule has 5 heteroatoms. The monoisotopic (exact) mass is 283 g/mol. The Bertz CT molecular complexity index is 438. The summed E-state index contributed by atoms with van der Waals surface area (Å²) in [7, 11) is 0. The molecule has 1 N–H and O–H groups in total. The zero-order chi connectivity index (χ0) is 13.7. The van der Waals surface area contributed by atoms with E-state index >= 15 is 0 Å². The molecular weight excluding hydrogens is 266 g/mol. The van der Waals surface area contributed by atoms with E-state index in [0.717, 1.165) is 31.7 Å². The van der Waals surface area contributed by atoms with Crippen molar-refractivity contribution in [2.24, 2.45) is 5.92 Å². The average Bonchev–Trinajstić information content (AvgIpc) is 2.84. The van der Waals surface area contributed by atoms with Gasteiger partial charge in [-0.3, -0.25) is 4.79 Å². The van der Waals surface area contributed by atoms with Gasteiger partial charge in [-0.2, -0.15) is 0 Å². The third-order valence-electron chi connectivity index (χ3n) is 3.31. The number of carboxylic acids is 1. The van der Waals surface area contributed by atoms with Crippen molar-refractivity contribution in [1.82, 2.24) is 4.90 Å². The van der Waals surface area contributed by atoms with E-state index in [1.165, 1.54) is 0 Å². The second-order valence-corrected chi connectivity index (χ2v) is 5.22. The second-order valence-electron chi connectivity index (χ2n) is 4.78. The standard InChI is InChI=1S/C14H18ClNO3/c15-12-3-1-4-13(9-12)19-8-2-6-16-7-5-11(10-16)14(17)18/h1,3-4,9,11H,2,5-8,10H2,(H,17,18). The maximum atomic E-state index is 10.8. The lowest BCUT2D eigenvalue weighted by Gasteiger charge is -2.15. The van der Waals surface area contributed by atoms with Crippen LogP contribution < -0.4 is 4.74 Å². The molecule has 1 saturated heterocycles. The summed E-state index contributed by atoms with van der Waals surface area (Å²) in [5.74, 6) is -0.108. The molecule has 0 spiro atoms. The van der Waals surface area contributed by atoms with Crippen molar-refractivity contribution in [1.29, 1.82) is 0 Å². The summed E-state index contributed by atoms with van der Waals surface area (Å²) in [6.07, 6.45) is 1.64. The third-order valence-corrected chi connectivity index (χ3v) is 3.54. The van der Waals surface area contributed by atoms with Gasteiger partial charge in [-0.05, 0) is 37.6 Å². The van der Waals surface area contributed by atoms with E-state index in [0.29, 0.717) is 18.2 Å². The minimum Gasteiger partial charge on any atom is -0.493 e. The summed E-state index contributed by atoms with van der Waals surface area (Å²) >= 11 is 5.86. The lowest BCUT2D eigenvalue weighted by molar-refractivity contribution is -0.141. The van der Waals surface area contributed by atoms with Gasteiger partial charge in [0, 0.05) is 18.1 Å². The summed E-state index contributed by atoms with van der Waals surface area (Å²) in [6.45, 7) is 3.03. The molecule has 2 rings (SSSR count). The molecule has 1 heterocycles. The normalized spacial score (nSPS) is 19.5. The van der Waals surface area contributed by atoms with E-state index in [2.05, 4.69) is 4.90 Å². The number of halogens is 1. The van der Waals surface area contributed by atoms with E-state index in [4.69, 9.17) is 21.4 Å². The highest BCUT2D eigenvalue weighted by Crippen LogP contribution is 2.18. The van der Waals surface area contributed by atoms with Crippen molar-refractivity contribution in [3.05, 3.63) is 29.3 Å². The second kappa shape index (κ2) is 6.78. The summed E-state index contributed by atoms with van der Waals surface area (Å²) in [5, 5.41) is 9.58. The van der Waals surface area contributed by atoms with Gasteiger partial charge in [0.2, 0.25) is 0 Å². The van der Waals surface area contributed by atoms with Crippen molar-refractivity contribution in [3.63, 3.8) is 0 Å².